The average molecular weight is 324 g/mol. The zero-order chi connectivity index (χ0) is 14.0. The fourth-order valence-electron chi connectivity index (χ4n) is 2.07. The van der Waals surface area contributed by atoms with Gasteiger partial charge in [-0.25, -0.2) is 4.39 Å². The van der Waals surface area contributed by atoms with Crippen LogP contribution in [-0.4, -0.2) is 10.1 Å². The SMILES string of the molecule is Cc1cc(C(O)Cc2ccc(F)c(Br)c2)cc(C)n1. The van der Waals surface area contributed by atoms with E-state index in [0.717, 1.165) is 22.5 Å². The Kier molecular flexibility index (Phi) is 4.32. The van der Waals surface area contributed by atoms with Crippen molar-refractivity contribution in [3.05, 3.63) is 63.1 Å². The Labute approximate surface area is 120 Å². The van der Waals surface area contributed by atoms with Crippen LogP contribution in [0.25, 0.3) is 0 Å². The molecule has 1 aromatic carbocycles. The van der Waals surface area contributed by atoms with Crippen LogP contribution in [0.15, 0.2) is 34.8 Å². The second-order valence-corrected chi connectivity index (χ2v) is 5.51. The number of hydrogen-bond acceptors (Lipinski definition) is 2. The van der Waals surface area contributed by atoms with Gasteiger partial charge in [0.05, 0.1) is 10.6 Å². The fraction of sp³-hybridized carbons (Fsp3) is 0.267. The van der Waals surface area contributed by atoms with Crippen molar-refractivity contribution >= 4 is 15.9 Å². The molecule has 1 N–H and O–H groups in total. The molecular formula is C15H15BrFNO. The predicted molar refractivity (Wildman–Crippen MR) is 76.5 cm³/mol. The summed E-state index contributed by atoms with van der Waals surface area (Å²) in [4.78, 5) is 4.28. The molecule has 0 aliphatic heterocycles. The smallest absolute Gasteiger partial charge is 0.137 e. The van der Waals surface area contributed by atoms with Crippen molar-refractivity contribution < 1.29 is 9.50 Å². The number of aliphatic hydroxyl groups is 1. The maximum absolute atomic E-state index is 13.1. The van der Waals surface area contributed by atoms with E-state index in [1.54, 1.807) is 12.1 Å². The van der Waals surface area contributed by atoms with Gasteiger partial charge in [0.1, 0.15) is 5.82 Å². The molecule has 0 aliphatic carbocycles. The van der Waals surface area contributed by atoms with Gasteiger partial charge in [0.15, 0.2) is 0 Å². The predicted octanol–water partition coefficient (Wildman–Crippen LogP) is 3.88. The van der Waals surface area contributed by atoms with Gasteiger partial charge in [-0.3, -0.25) is 4.98 Å². The molecule has 0 spiro atoms. The number of nitrogens with zero attached hydrogens (tertiary/aromatic N) is 1. The summed E-state index contributed by atoms with van der Waals surface area (Å²) in [6.07, 6.45) is -0.167. The number of benzene rings is 1. The topological polar surface area (TPSA) is 33.1 Å². The third kappa shape index (κ3) is 3.61. The number of aromatic nitrogens is 1. The lowest BCUT2D eigenvalue weighted by Gasteiger charge is -2.13. The molecule has 1 aromatic heterocycles. The highest BCUT2D eigenvalue weighted by Crippen LogP contribution is 2.23. The van der Waals surface area contributed by atoms with Crippen LogP contribution in [0.1, 0.15) is 28.6 Å². The minimum atomic E-state index is -0.613. The first-order chi connectivity index (χ1) is 8.95. The summed E-state index contributed by atoms with van der Waals surface area (Å²) >= 11 is 3.15. The molecule has 0 amide bonds. The van der Waals surface area contributed by atoms with E-state index in [4.69, 9.17) is 0 Å². The Morgan fingerprint density at radius 2 is 1.84 bits per heavy atom. The lowest BCUT2D eigenvalue weighted by Crippen LogP contribution is -2.04. The highest BCUT2D eigenvalue weighted by Gasteiger charge is 2.11. The van der Waals surface area contributed by atoms with Crippen LogP contribution in [0.4, 0.5) is 4.39 Å². The molecular weight excluding hydrogens is 309 g/mol. The Bertz CT molecular complexity index is 580. The van der Waals surface area contributed by atoms with Gasteiger partial charge < -0.3 is 5.11 Å². The summed E-state index contributed by atoms with van der Waals surface area (Å²) in [7, 11) is 0. The van der Waals surface area contributed by atoms with Crippen molar-refractivity contribution in [3.63, 3.8) is 0 Å². The van der Waals surface area contributed by atoms with Gasteiger partial charge in [-0.2, -0.15) is 0 Å². The van der Waals surface area contributed by atoms with E-state index in [-0.39, 0.29) is 5.82 Å². The maximum Gasteiger partial charge on any atom is 0.137 e. The van der Waals surface area contributed by atoms with Gasteiger partial charge in [-0.1, -0.05) is 6.07 Å². The molecule has 4 heteroatoms. The van der Waals surface area contributed by atoms with Gasteiger partial charge in [-0.15, -0.1) is 0 Å². The molecule has 0 saturated carbocycles. The summed E-state index contributed by atoms with van der Waals surface area (Å²) in [6, 6.07) is 8.52. The molecule has 0 bridgehead atoms. The zero-order valence-electron chi connectivity index (χ0n) is 10.8. The molecule has 0 aliphatic rings. The Morgan fingerprint density at radius 3 is 2.42 bits per heavy atom. The quantitative estimate of drug-likeness (QED) is 0.929. The number of hydrogen-bond donors (Lipinski definition) is 1. The van der Waals surface area contributed by atoms with Crippen molar-refractivity contribution in [1.82, 2.24) is 4.98 Å². The molecule has 1 heterocycles. The van der Waals surface area contributed by atoms with Gasteiger partial charge in [0.2, 0.25) is 0 Å². The van der Waals surface area contributed by atoms with Crippen molar-refractivity contribution in [3.8, 4) is 0 Å². The van der Waals surface area contributed by atoms with Crippen LogP contribution in [0, 0.1) is 19.7 Å². The van der Waals surface area contributed by atoms with Gasteiger partial charge >= 0.3 is 0 Å². The van der Waals surface area contributed by atoms with Crippen LogP contribution >= 0.6 is 15.9 Å². The number of aliphatic hydroxyl groups excluding tert-OH is 1. The number of aryl methyl sites for hydroxylation is 2. The van der Waals surface area contributed by atoms with Crippen LogP contribution in [0.2, 0.25) is 0 Å². The van der Waals surface area contributed by atoms with Crippen LogP contribution in [0.5, 0.6) is 0 Å². The molecule has 100 valence electrons. The third-order valence-corrected chi connectivity index (χ3v) is 3.51. The third-order valence-electron chi connectivity index (χ3n) is 2.90. The lowest BCUT2D eigenvalue weighted by molar-refractivity contribution is 0.178. The second kappa shape index (κ2) is 5.80. The van der Waals surface area contributed by atoms with E-state index in [0.29, 0.717) is 10.9 Å². The zero-order valence-corrected chi connectivity index (χ0v) is 12.4. The van der Waals surface area contributed by atoms with Gasteiger partial charge in [0, 0.05) is 17.8 Å². The van der Waals surface area contributed by atoms with Gasteiger partial charge in [-0.05, 0) is 65.2 Å². The highest BCUT2D eigenvalue weighted by molar-refractivity contribution is 9.10. The van der Waals surface area contributed by atoms with E-state index < -0.39 is 6.10 Å². The second-order valence-electron chi connectivity index (χ2n) is 4.65. The largest absolute Gasteiger partial charge is 0.388 e. The molecule has 1 atom stereocenters. The number of pyridine rings is 1. The number of rotatable bonds is 3. The molecule has 1 unspecified atom stereocenters. The maximum atomic E-state index is 13.1. The van der Waals surface area contributed by atoms with E-state index >= 15 is 0 Å². The van der Waals surface area contributed by atoms with Gasteiger partial charge in [0.25, 0.3) is 0 Å². The first-order valence-electron chi connectivity index (χ1n) is 6.03. The lowest BCUT2D eigenvalue weighted by atomic mass is 10.0. The van der Waals surface area contributed by atoms with Crippen molar-refractivity contribution in [2.45, 2.75) is 26.4 Å². The average Bonchev–Trinajstić information content (AvgIpc) is 2.32. The highest BCUT2D eigenvalue weighted by atomic mass is 79.9. The van der Waals surface area contributed by atoms with E-state index in [2.05, 4.69) is 20.9 Å². The molecule has 2 nitrogen and oxygen atoms in total. The summed E-state index contributed by atoms with van der Waals surface area (Å²) < 4.78 is 13.6. The minimum absolute atomic E-state index is 0.297. The first-order valence-corrected chi connectivity index (χ1v) is 6.82. The first kappa shape index (κ1) is 14.2. The van der Waals surface area contributed by atoms with Crippen LogP contribution in [-0.2, 0) is 6.42 Å². The molecule has 2 rings (SSSR count). The van der Waals surface area contributed by atoms with Crippen molar-refractivity contribution in [2.24, 2.45) is 0 Å². The van der Waals surface area contributed by atoms with Crippen LogP contribution < -0.4 is 0 Å². The Hall–Kier alpha value is -1.26. The summed E-state index contributed by atoms with van der Waals surface area (Å²) in [5.74, 6) is -0.297. The molecule has 0 saturated heterocycles. The van der Waals surface area contributed by atoms with Crippen molar-refractivity contribution in [2.75, 3.05) is 0 Å². The van der Waals surface area contributed by atoms with Crippen LogP contribution in [0.3, 0.4) is 0 Å². The van der Waals surface area contributed by atoms with Crippen molar-refractivity contribution in [1.29, 1.82) is 0 Å². The van der Waals surface area contributed by atoms with E-state index in [1.165, 1.54) is 6.07 Å². The molecule has 0 fully saturated rings. The fourth-order valence-corrected chi connectivity index (χ4v) is 2.49. The summed E-state index contributed by atoms with van der Waals surface area (Å²) in [5, 5.41) is 10.2. The molecule has 0 radical (unpaired) electrons. The minimum Gasteiger partial charge on any atom is -0.388 e. The van der Waals surface area contributed by atoms with E-state index in [1.807, 2.05) is 26.0 Å². The number of halogens is 2. The molecule has 19 heavy (non-hydrogen) atoms. The molecule has 2 aromatic rings. The monoisotopic (exact) mass is 323 g/mol. The Morgan fingerprint density at radius 1 is 1.21 bits per heavy atom. The standard InChI is InChI=1S/C15H15BrFNO/c1-9-5-12(6-10(2)18-9)15(19)8-11-3-4-14(17)13(16)7-11/h3-7,15,19H,8H2,1-2H3. The normalized spacial score (nSPS) is 12.5. The summed E-state index contributed by atoms with van der Waals surface area (Å²) in [5.41, 5.74) is 3.49. The summed E-state index contributed by atoms with van der Waals surface area (Å²) in [6.45, 7) is 3.80. The van der Waals surface area contributed by atoms with E-state index in [9.17, 15) is 9.50 Å². The Balaban J connectivity index is 2.20.